The van der Waals surface area contributed by atoms with Crippen LogP contribution in [-0.4, -0.2) is 11.1 Å². The highest BCUT2D eigenvalue weighted by atomic mass is 19.4. The third-order valence-corrected chi connectivity index (χ3v) is 2.12. The first-order chi connectivity index (χ1) is 8.48. The van der Waals surface area contributed by atoms with Gasteiger partial charge in [0, 0.05) is 0 Å². The molecule has 0 unspecified atom stereocenters. The fraction of sp³-hybridized carbons (Fsp3) is 0.200. The van der Waals surface area contributed by atoms with Crippen LogP contribution in [0.15, 0.2) is 12.1 Å². The number of hydrogen-bond donors (Lipinski definition) is 1. The van der Waals surface area contributed by atoms with Crippen LogP contribution in [0.4, 0.5) is 26.3 Å². The highest BCUT2D eigenvalue weighted by molar-refractivity contribution is 5.90. The normalized spacial score (nSPS) is 12.1. The molecule has 1 rings (SSSR count). The quantitative estimate of drug-likeness (QED) is 0.804. The molecule has 9 heteroatoms. The van der Waals surface area contributed by atoms with Crippen LogP contribution in [0.2, 0.25) is 0 Å². The molecule has 0 saturated carbocycles. The summed E-state index contributed by atoms with van der Waals surface area (Å²) in [7, 11) is 0. The maximum absolute atomic E-state index is 12.5. The summed E-state index contributed by atoms with van der Waals surface area (Å²) in [6, 6.07) is 0.658. The van der Waals surface area contributed by atoms with Crippen LogP contribution < -0.4 is 0 Å². The van der Waals surface area contributed by atoms with Crippen molar-refractivity contribution >= 4 is 5.97 Å². The van der Waals surface area contributed by atoms with Crippen molar-refractivity contribution in [2.24, 2.45) is 0 Å². The van der Waals surface area contributed by atoms with Crippen LogP contribution in [0.3, 0.4) is 0 Å². The van der Waals surface area contributed by atoms with E-state index in [0.717, 1.165) is 6.07 Å². The Labute approximate surface area is 101 Å². The minimum absolute atomic E-state index is 0.119. The fourth-order valence-electron chi connectivity index (χ4n) is 1.34. The van der Waals surface area contributed by atoms with Gasteiger partial charge in [0.05, 0.1) is 28.3 Å². The Morgan fingerprint density at radius 3 is 1.84 bits per heavy atom. The van der Waals surface area contributed by atoms with Gasteiger partial charge in [-0.1, -0.05) is 0 Å². The zero-order chi connectivity index (χ0) is 15.0. The minimum Gasteiger partial charge on any atom is -0.478 e. The van der Waals surface area contributed by atoms with Crippen molar-refractivity contribution in [3.63, 3.8) is 0 Å². The summed E-state index contributed by atoms with van der Waals surface area (Å²) in [4.78, 5) is 10.6. The van der Waals surface area contributed by atoms with Crippen molar-refractivity contribution in [1.29, 1.82) is 5.26 Å². The average molecular weight is 283 g/mol. The SMILES string of the molecule is N#Cc1cc(C(F)(F)F)c(C(=O)O)cc1C(F)(F)F. The summed E-state index contributed by atoms with van der Waals surface area (Å²) in [6.45, 7) is 0. The number of halogens is 6. The van der Waals surface area contributed by atoms with E-state index in [1.807, 2.05) is 0 Å². The van der Waals surface area contributed by atoms with Crippen LogP contribution in [-0.2, 0) is 12.4 Å². The van der Waals surface area contributed by atoms with Crippen LogP contribution in [0.25, 0.3) is 0 Å². The zero-order valence-corrected chi connectivity index (χ0v) is 8.73. The van der Waals surface area contributed by atoms with Gasteiger partial charge < -0.3 is 5.11 Å². The van der Waals surface area contributed by atoms with Crippen LogP contribution >= 0.6 is 0 Å². The lowest BCUT2D eigenvalue weighted by molar-refractivity contribution is -0.141. The molecule has 0 bridgehead atoms. The molecule has 0 aliphatic carbocycles. The van der Waals surface area contributed by atoms with Gasteiger partial charge >= 0.3 is 18.3 Å². The van der Waals surface area contributed by atoms with Gasteiger partial charge in [0.2, 0.25) is 0 Å². The van der Waals surface area contributed by atoms with Crippen molar-refractivity contribution in [3.05, 3.63) is 34.4 Å². The van der Waals surface area contributed by atoms with Crippen LogP contribution in [0.1, 0.15) is 27.0 Å². The Balaban J connectivity index is 3.73. The third-order valence-electron chi connectivity index (χ3n) is 2.12. The summed E-state index contributed by atoms with van der Waals surface area (Å²) in [5.41, 5.74) is -6.37. The van der Waals surface area contributed by atoms with Gasteiger partial charge in [-0.2, -0.15) is 31.6 Å². The Hall–Kier alpha value is -2.24. The highest BCUT2D eigenvalue weighted by Gasteiger charge is 2.40. The van der Waals surface area contributed by atoms with Crippen molar-refractivity contribution < 1.29 is 36.2 Å². The molecule has 0 saturated heterocycles. The standard InChI is InChI=1S/C10H3F6NO2/c11-9(12,13)6-2-5(8(18)19)7(10(14,15)16)1-4(6)3-17/h1-2H,(H,18,19). The molecule has 0 aliphatic rings. The second-order valence-corrected chi connectivity index (χ2v) is 3.36. The zero-order valence-electron chi connectivity index (χ0n) is 8.73. The molecule has 0 spiro atoms. The summed E-state index contributed by atoms with van der Waals surface area (Å²) >= 11 is 0. The van der Waals surface area contributed by atoms with Gasteiger partial charge in [-0.15, -0.1) is 0 Å². The molecular weight excluding hydrogens is 280 g/mol. The minimum atomic E-state index is -5.18. The molecule has 0 radical (unpaired) electrons. The molecule has 0 amide bonds. The number of hydrogen-bond acceptors (Lipinski definition) is 2. The molecule has 3 nitrogen and oxygen atoms in total. The smallest absolute Gasteiger partial charge is 0.417 e. The lowest BCUT2D eigenvalue weighted by atomic mass is 9.98. The Morgan fingerprint density at radius 2 is 1.53 bits per heavy atom. The van der Waals surface area contributed by atoms with E-state index < -0.39 is 40.6 Å². The number of carboxylic acids is 1. The van der Waals surface area contributed by atoms with Crippen LogP contribution in [0, 0.1) is 11.3 Å². The molecule has 102 valence electrons. The van der Waals surface area contributed by atoms with E-state index in [0.29, 0.717) is 0 Å². The summed E-state index contributed by atoms with van der Waals surface area (Å²) < 4.78 is 74.9. The van der Waals surface area contributed by atoms with E-state index in [2.05, 4.69) is 0 Å². The highest BCUT2D eigenvalue weighted by Crippen LogP contribution is 2.38. The van der Waals surface area contributed by atoms with Crippen molar-refractivity contribution in [2.45, 2.75) is 12.4 Å². The molecule has 1 aromatic carbocycles. The summed E-state index contributed by atoms with van der Waals surface area (Å²) in [6.07, 6.45) is -10.3. The maximum atomic E-state index is 12.5. The van der Waals surface area contributed by atoms with E-state index in [1.54, 1.807) is 0 Å². The predicted molar refractivity (Wildman–Crippen MR) is 48.1 cm³/mol. The lowest BCUT2D eigenvalue weighted by Gasteiger charge is -2.15. The number of carboxylic acid groups (broad SMARTS) is 1. The second-order valence-electron chi connectivity index (χ2n) is 3.36. The number of nitrogens with zero attached hydrogens (tertiary/aromatic N) is 1. The number of alkyl halides is 6. The predicted octanol–water partition coefficient (Wildman–Crippen LogP) is 3.29. The number of rotatable bonds is 1. The largest absolute Gasteiger partial charge is 0.478 e. The second kappa shape index (κ2) is 4.46. The van der Waals surface area contributed by atoms with Gasteiger partial charge in [0.1, 0.15) is 0 Å². The first kappa shape index (κ1) is 14.8. The molecule has 19 heavy (non-hydrogen) atoms. The Bertz CT molecular complexity index is 567. The number of nitriles is 1. The molecule has 0 aliphatic heterocycles. The van der Waals surface area contributed by atoms with Crippen LogP contribution in [0.5, 0.6) is 0 Å². The van der Waals surface area contributed by atoms with Gasteiger partial charge in [-0.25, -0.2) is 4.79 Å². The molecule has 0 heterocycles. The van der Waals surface area contributed by atoms with Gasteiger partial charge in [-0.05, 0) is 12.1 Å². The number of aromatic carboxylic acids is 1. The number of benzene rings is 1. The van der Waals surface area contributed by atoms with E-state index in [1.165, 1.54) is 0 Å². The Morgan fingerprint density at radius 1 is 1.05 bits per heavy atom. The van der Waals surface area contributed by atoms with Gasteiger partial charge in [0.15, 0.2) is 0 Å². The monoisotopic (exact) mass is 283 g/mol. The van der Waals surface area contributed by atoms with Gasteiger partial charge in [-0.3, -0.25) is 0 Å². The van der Waals surface area contributed by atoms with Crippen molar-refractivity contribution in [3.8, 4) is 6.07 Å². The van der Waals surface area contributed by atoms with Gasteiger partial charge in [0.25, 0.3) is 0 Å². The molecule has 0 fully saturated rings. The molecule has 1 aromatic rings. The van der Waals surface area contributed by atoms with E-state index in [9.17, 15) is 31.1 Å². The van der Waals surface area contributed by atoms with Crippen molar-refractivity contribution in [2.75, 3.05) is 0 Å². The number of carbonyl (C=O) groups is 1. The maximum Gasteiger partial charge on any atom is 0.417 e. The third kappa shape index (κ3) is 2.96. The first-order valence-electron chi connectivity index (χ1n) is 4.44. The topological polar surface area (TPSA) is 61.1 Å². The van der Waals surface area contributed by atoms with E-state index in [-0.39, 0.29) is 12.1 Å². The molecular formula is C10H3F6NO2. The summed E-state index contributed by atoms with van der Waals surface area (Å²) in [5.74, 6) is -2.16. The summed E-state index contributed by atoms with van der Waals surface area (Å²) in [5, 5.41) is 17.0. The Kier molecular flexibility index (Phi) is 3.48. The van der Waals surface area contributed by atoms with E-state index >= 15 is 0 Å². The lowest BCUT2D eigenvalue weighted by Crippen LogP contribution is -2.17. The molecule has 1 N–H and O–H groups in total. The first-order valence-corrected chi connectivity index (χ1v) is 4.44. The van der Waals surface area contributed by atoms with E-state index in [4.69, 9.17) is 10.4 Å². The average Bonchev–Trinajstić information content (AvgIpc) is 2.24. The van der Waals surface area contributed by atoms with Crippen molar-refractivity contribution in [1.82, 2.24) is 0 Å². The fourth-order valence-corrected chi connectivity index (χ4v) is 1.34. The molecule has 0 atom stereocenters. The molecule has 0 aromatic heterocycles.